The molecule has 6 nitrogen and oxygen atoms in total. The number of ketones is 1. The van der Waals surface area contributed by atoms with Crippen molar-refractivity contribution < 1.29 is 19.0 Å². The van der Waals surface area contributed by atoms with Gasteiger partial charge in [-0.05, 0) is 48.9 Å². The second-order valence-electron chi connectivity index (χ2n) is 7.29. The second-order valence-corrected chi connectivity index (χ2v) is 7.29. The molecule has 0 fully saturated rings. The van der Waals surface area contributed by atoms with Gasteiger partial charge in [0.2, 0.25) is 5.75 Å². The van der Waals surface area contributed by atoms with Crippen molar-refractivity contribution in [2.45, 2.75) is 6.92 Å². The van der Waals surface area contributed by atoms with Gasteiger partial charge in [0.25, 0.3) is 0 Å². The van der Waals surface area contributed by atoms with Crippen molar-refractivity contribution in [3.05, 3.63) is 89.9 Å². The fourth-order valence-corrected chi connectivity index (χ4v) is 3.67. The zero-order chi connectivity index (χ0) is 22.7. The first-order valence-electron chi connectivity index (χ1n) is 10.1. The minimum Gasteiger partial charge on any atom is -0.493 e. The van der Waals surface area contributed by atoms with Crippen molar-refractivity contribution in [3.8, 4) is 34.2 Å². The molecule has 162 valence electrons. The van der Waals surface area contributed by atoms with Crippen LogP contribution in [-0.2, 0) is 0 Å². The van der Waals surface area contributed by atoms with E-state index in [-0.39, 0.29) is 5.78 Å². The van der Waals surface area contributed by atoms with E-state index in [9.17, 15) is 4.79 Å². The van der Waals surface area contributed by atoms with Gasteiger partial charge in [-0.1, -0.05) is 18.2 Å². The smallest absolute Gasteiger partial charge is 0.203 e. The molecule has 0 bridgehead atoms. The lowest BCUT2D eigenvalue weighted by Gasteiger charge is -2.13. The van der Waals surface area contributed by atoms with Crippen molar-refractivity contribution in [3.63, 3.8) is 0 Å². The van der Waals surface area contributed by atoms with Crippen LogP contribution in [0.3, 0.4) is 0 Å². The van der Waals surface area contributed by atoms with E-state index in [0.29, 0.717) is 28.4 Å². The van der Waals surface area contributed by atoms with E-state index in [1.807, 2.05) is 60.3 Å². The highest BCUT2D eigenvalue weighted by molar-refractivity contribution is 6.13. The molecule has 0 N–H and O–H groups in total. The zero-order valence-electron chi connectivity index (χ0n) is 18.5. The first kappa shape index (κ1) is 21.2. The van der Waals surface area contributed by atoms with E-state index >= 15 is 0 Å². The number of hydrogen-bond donors (Lipinski definition) is 0. The first-order valence-corrected chi connectivity index (χ1v) is 10.1. The molecule has 2 heterocycles. The average Bonchev–Trinajstić information content (AvgIpc) is 3.28. The van der Waals surface area contributed by atoms with Crippen LogP contribution in [-0.4, -0.2) is 36.7 Å². The minimum absolute atomic E-state index is 0.170. The molecule has 32 heavy (non-hydrogen) atoms. The summed E-state index contributed by atoms with van der Waals surface area (Å²) in [7, 11) is 4.58. The van der Waals surface area contributed by atoms with E-state index < -0.39 is 0 Å². The number of aromatic nitrogens is 2. The number of carbonyl (C=O) groups is 1. The summed E-state index contributed by atoms with van der Waals surface area (Å²) < 4.78 is 18.2. The third kappa shape index (κ3) is 3.95. The summed E-state index contributed by atoms with van der Waals surface area (Å²) >= 11 is 0. The van der Waals surface area contributed by atoms with Crippen LogP contribution in [0.15, 0.2) is 73.2 Å². The zero-order valence-corrected chi connectivity index (χ0v) is 18.5. The van der Waals surface area contributed by atoms with E-state index in [2.05, 4.69) is 11.1 Å². The highest BCUT2D eigenvalue weighted by atomic mass is 16.5. The molecule has 0 unspecified atom stereocenters. The molecule has 2 aromatic carbocycles. The standard InChI is InChI=1S/C26H24N2O4/c1-17-8-7-9-19(12-17)28-15-20(22-10-5-6-11-27-22)21(16-28)25(29)18-13-23(30-2)26(32-4)24(14-18)31-3/h5-16H,1-4H3. The Bertz CT molecular complexity index is 1240. The highest BCUT2D eigenvalue weighted by Gasteiger charge is 2.22. The summed E-state index contributed by atoms with van der Waals surface area (Å²) in [5.41, 5.74) is 4.51. The largest absolute Gasteiger partial charge is 0.493 e. The predicted molar refractivity (Wildman–Crippen MR) is 123 cm³/mol. The van der Waals surface area contributed by atoms with Crippen molar-refractivity contribution in [2.75, 3.05) is 21.3 Å². The fraction of sp³-hybridized carbons (Fsp3) is 0.154. The lowest BCUT2D eigenvalue weighted by Crippen LogP contribution is -2.05. The lowest BCUT2D eigenvalue weighted by atomic mass is 10.00. The van der Waals surface area contributed by atoms with Crippen molar-refractivity contribution in [1.29, 1.82) is 0 Å². The number of ether oxygens (including phenoxy) is 3. The fourth-order valence-electron chi connectivity index (χ4n) is 3.67. The number of hydrogen-bond acceptors (Lipinski definition) is 5. The number of pyridine rings is 1. The molecule has 0 amide bonds. The Labute approximate surface area is 187 Å². The second kappa shape index (κ2) is 8.98. The Morgan fingerprint density at radius 3 is 2.22 bits per heavy atom. The molecule has 0 aliphatic carbocycles. The van der Waals surface area contributed by atoms with Crippen LogP contribution < -0.4 is 14.2 Å². The number of rotatable bonds is 7. The Morgan fingerprint density at radius 2 is 1.62 bits per heavy atom. The molecule has 0 saturated carbocycles. The Morgan fingerprint density at radius 1 is 0.875 bits per heavy atom. The molecule has 4 aromatic rings. The van der Waals surface area contributed by atoms with Crippen molar-refractivity contribution >= 4 is 5.78 Å². The summed E-state index contributed by atoms with van der Waals surface area (Å²) in [5, 5.41) is 0. The third-order valence-corrected chi connectivity index (χ3v) is 5.24. The van der Waals surface area contributed by atoms with Crippen molar-refractivity contribution in [1.82, 2.24) is 9.55 Å². The van der Waals surface area contributed by atoms with Gasteiger partial charge >= 0.3 is 0 Å². The number of methoxy groups -OCH3 is 3. The maximum Gasteiger partial charge on any atom is 0.203 e. The van der Waals surface area contributed by atoms with Gasteiger partial charge in [-0.15, -0.1) is 0 Å². The predicted octanol–water partition coefficient (Wildman–Crippen LogP) is 5.10. The van der Waals surface area contributed by atoms with Crippen LogP contribution in [0.2, 0.25) is 0 Å². The van der Waals surface area contributed by atoms with Gasteiger partial charge in [-0.25, -0.2) is 0 Å². The van der Waals surface area contributed by atoms with E-state index in [0.717, 1.165) is 22.5 Å². The molecule has 4 rings (SSSR count). The van der Waals surface area contributed by atoms with Gasteiger partial charge in [0.1, 0.15) is 0 Å². The molecule has 6 heteroatoms. The maximum absolute atomic E-state index is 13.7. The van der Waals surface area contributed by atoms with Gasteiger partial charge in [-0.3, -0.25) is 9.78 Å². The number of carbonyl (C=O) groups excluding carboxylic acids is 1. The van der Waals surface area contributed by atoms with Crippen LogP contribution in [0, 0.1) is 6.92 Å². The topological polar surface area (TPSA) is 62.6 Å². The maximum atomic E-state index is 13.7. The van der Waals surface area contributed by atoms with Gasteiger partial charge < -0.3 is 18.8 Å². The van der Waals surface area contributed by atoms with Crippen molar-refractivity contribution in [2.24, 2.45) is 0 Å². The molecule has 0 aliphatic rings. The quantitative estimate of drug-likeness (QED) is 0.383. The highest BCUT2D eigenvalue weighted by Crippen LogP contribution is 2.39. The molecular formula is C26H24N2O4. The van der Waals surface area contributed by atoms with E-state index in [1.165, 1.54) is 21.3 Å². The van der Waals surface area contributed by atoms with Crippen LogP contribution >= 0.6 is 0 Å². The van der Waals surface area contributed by atoms with Crippen LogP contribution in [0.25, 0.3) is 16.9 Å². The summed E-state index contributed by atoms with van der Waals surface area (Å²) in [6, 6.07) is 17.1. The summed E-state index contributed by atoms with van der Waals surface area (Å²) in [6.07, 6.45) is 5.49. The Hall–Kier alpha value is -4.06. The monoisotopic (exact) mass is 428 g/mol. The lowest BCUT2D eigenvalue weighted by molar-refractivity contribution is 0.103. The van der Waals surface area contributed by atoms with Crippen LogP contribution in [0.1, 0.15) is 21.5 Å². The normalized spacial score (nSPS) is 10.6. The Kier molecular flexibility index (Phi) is 5.94. The van der Waals surface area contributed by atoms with E-state index in [4.69, 9.17) is 14.2 Å². The van der Waals surface area contributed by atoms with Crippen LogP contribution in [0.5, 0.6) is 17.2 Å². The Balaban J connectivity index is 1.88. The molecular weight excluding hydrogens is 404 g/mol. The third-order valence-electron chi connectivity index (χ3n) is 5.24. The summed E-state index contributed by atoms with van der Waals surface area (Å²) in [6.45, 7) is 2.04. The first-order chi connectivity index (χ1) is 15.5. The molecule has 0 aliphatic heterocycles. The van der Waals surface area contributed by atoms with Crippen LogP contribution in [0.4, 0.5) is 0 Å². The minimum atomic E-state index is -0.170. The molecule has 0 spiro atoms. The molecule has 0 atom stereocenters. The number of benzene rings is 2. The van der Waals surface area contributed by atoms with Gasteiger partial charge in [0.15, 0.2) is 17.3 Å². The number of aryl methyl sites for hydroxylation is 1. The van der Waals surface area contributed by atoms with Gasteiger partial charge in [-0.2, -0.15) is 0 Å². The molecule has 2 aromatic heterocycles. The summed E-state index contributed by atoms with van der Waals surface area (Å²) in [5.74, 6) is 1.12. The van der Waals surface area contributed by atoms with Gasteiger partial charge in [0, 0.05) is 41.0 Å². The number of nitrogens with zero attached hydrogens (tertiary/aromatic N) is 2. The molecule has 0 radical (unpaired) electrons. The van der Waals surface area contributed by atoms with E-state index in [1.54, 1.807) is 18.3 Å². The molecule has 0 saturated heterocycles. The SMILES string of the molecule is COc1cc(C(=O)c2cn(-c3cccc(C)c3)cc2-c2ccccn2)cc(OC)c1OC. The van der Waals surface area contributed by atoms with Gasteiger partial charge in [0.05, 0.1) is 27.0 Å². The average molecular weight is 428 g/mol. The summed E-state index contributed by atoms with van der Waals surface area (Å²) in [4.78, 5) is 18.2.